The molecule has 1 aliphatic rings. The van der Waals surface area contributed by atoms with Crippen molar-refractivity contribution in [1.82, 2.24) is 0 Å². The molecule has 0 aromatic heterocycles. The number of ether oxygens (including phenoxy) is 1. The van der Waals surface area contributed by atoms with Gasteiger partial charge in [-0.2, -0.15) is 0 Å². The predicted octanol–water partition coefficient (Wildman–Crippen LogP) is 3.30. The van der Waals surface area contributed by atoms with Crippen molar-refractivity contribution in [3.63, 3.8) is 0 Å². The number of amides is 2. The summed E-state index contributed by atoms with van der Waals surface area (Å²) in [4.78, 5) is 37.7. The highest BCUT2D eigenvalue weighted by atomic mass is 35.5. The quantitative estimate of drug-likeness (QED) is 0.773. The third kappa shape index (κ3) is 5.15. The van der Waals surface area contributed by atoms with Gasteiger partial charge < -0.3 is 15.0 Å². The summed E-state index contributed by atoms with van der Waals surface area (Å²) in [6, 6.07) is 13.6. The molecule has 6 nitrogen and oxygen atoms in total. The third-order valence-electron chi connectivity index (χ3n) is 4.19. The second-order valence-corrected chi connectivity index (χ2v) is 6.56. The molecule has 1 aliphatic heterocycles. The molecule has 2 aromatic carbocycles. The van der Waals surface area contributed by atoms with Gasteiger partial charge in [0.05, 0.1) is 6.61 Å². The molecule has 2 amide bonds. The number of nitrogens with zero attached hydrogens (tertiary/aromatic N) is 1. The van der Waals surface area contributed by atoms with Crippen molar-refractivity contribution in [3.8, 4) is 0 Å². The second kappa shape index (κ2) is 8.79. The molecular formula is C20H19ClN2O4. The van der Waals surface area contributed by atoms with Crippen LogP contribution < -0.4 is 10.2 Å². The van der Waals surface area contributed by atoms with Crippen LogP contribution >= 0.6 is 11.6 Å². The van der Waals surface area contributed by atoms with E-state index in [4.69, 9.17) is 16.3 Å². The highest BCUT2D eigenvalue weighted by molar-refractivity contribution is 6.30. The van der Waals surface area contributed by atoms with E-state index in [1.165, 1.54) is 0 Å². The van der Waals surface area contributed by atoms with E-state index in [0.29, 0.717) is 29.4 Å². The maximum atomic E-state index is 12.1. The van der Waals surface area contributed by atoms with Crippen molar-refractivity contribution in [2.75, 3.05) is 30.0 Å². The Balaban J connectivity index is 1.51. The molecule has 0 spiro atoms. The van der Waals surface area contributed by atoms with Crippen molar-refractivity contribution >= 4 is 40.6 Å². The van der Waals surface area contributed by atoms with Crippen LogP contribution in [0.4, 0.5) is 11.4 Å². The number of carbonyl (C=O) groups excluding carboxylic acids is 3. The molecule has 1 N–H and O–H groups in total. The molecule has 0 radical (unpaired) electrons. The number of halogens is 1. The van der Waals surface area contributed by atoms with Crippen molar-refractivity contribution < 1.29 is 19.1 Å². The molecule has 1 fully saturated rings. The van der Waals surface area contributed by atoms with Gasteiger partial charge in [-0.15, -0.1) is 0 Å². The standard InChI is InChI=1S/C20H19ClN2O4/c21-15-3-1-14(2-4-15)18(24)9-10-19(25)22-16-5-7-17(8-6-16)23-11-12-27-13-20(23)26/h1-8H,9-13H2,(H,22,25). The minimum absolute atomic E-state index is 0.0835. The number of benzene rings is 2. The maximum Gasteiger partial charge on any atom is 0.253 e. The van der Waals surface area contributed by atoms with Crippen molar-refractivity contribution in [1.29, 1.82) is 0 Å². The Labute approximate surface area is 162 Å². The molecule has 3 rings (SSSR count). The zero-order valence-electron chi connectivity index (χ0n) is 14.6. The van der Waals surface area contributed by atoms with Crippen LogP contribution in [0.15, 0.2) is 48.5 Å². The Kier molecular flexibility index (Phi) is 6.21. The van der Waals surface area contributed by atoms with Gasteiger partial charge in [-0.25, -0.2) is 0 Å². The van der Waals surface area contributed by atoms with Crippen LogP contribution in [-0.2, 0) is 14.3 Å². The molecule has 1 saturated heterocycles. The Hall–Kier alpha value is -2.70. The van der Waals surface area contributed by atoms with Gasteiger partial charge in [-0.3, -0.25) is 14.4 Å². The summed E-state index contributed by atoms with van der Waals surface area (Å²) in [7, 11) is 0. The molecular weight excluding hydrogens is 368 g/mol. The zero-order valence-corrected chi connectivity index (χ0v) is 15.4. The molecule has 0 atom stereocenters. The number of Topliss-reactive ketones (excluding diaryl/α,β-unsaturated/α-hetero) is 1. The Morgan fingerprint density at radius 3 is 2.41 bits per heavy atom. The molecule has 0 aliphatic carbocycles. The van der Waals surface area contributed by atoms with Gasteiger partial charge in [0.25, 0.3) is 5.91 Å². The number of nitrogens with one attached hydrogen (secondary N) is 1. The molecule has 1 heterocycles. The molecule has 7 heteroatoms. The number of hydrogen-bond acceptors (Lipinski definition) is 4. The second-order valence-electron chi connectivity index (χ2n) is 6.12. The van der Waals surface area contributed by atoms with Crippen LogP contribution in [0.2, 0.25) is 5.02 Å². The van der Waals surface area contributed by atoms with Gasteiger partial charge >= 0.3 is 0 Å². The Morgan fingerprint density at radius 1 is 1.04 bits per heavy atom. The van der Waals surface area contributed by atoms with E-state index in [-0.39, 0.29) is 37.0 Å². The first kappa shape index (κ1) is 19.1. The van der Waals surface area contributed by atoms with E-state index in [9.17, 15) is 14.4 Å². The maximum absolute atomic E-state index is 12.1. The average Bonchev–Trinajstić information content (AvgIpc) is 2.68. The highest BCUT2D eigenvalue weighted by Crippen LogP contribution is 2.20. The average molecular weight is 387 g/mol. The molecule has 0 bridgehead atoms. The van der Waals surface area contributed by atoms with Crippen LogP contribution in [0.25, 0.3) is 0 Å². The van der Waals surface area contributed by atoms with Gasteiger partial charge in [0, 0.05) is 41.3 Å². The number of morpholine rings is 1. The molecule has 0 saturated carbocycles. The zero-order chi connectivity index (χ0) is 19.2. The van der Waals surface area contributed by atoms with E-state index in [1.807, 2.05) is 0 Å². The molecule has 0 unspecified atom stereocenters. The Bertz CT molecular complexity index is 834. The first-order valence-electron chi connectivity index (χ1n) is 8.60. The molecule has 2 aromatic rings. The van der Waals surface area contributed by atoms with Gasteiger partial charge in [-0.1, -0.05) is 11.6 Å². The summed E-state index contributed by atoms with van der Waals surface area (Å²) in [5.74, 6) is -0.436. The lowest BCUT2D eigenvalue weighted by atomic mass is 10.1. The van der Waals surface area contributed by atoms with Crippen molar-refractivity contribution in [2.24, 2.45) is 0 Å². The van der Waals surface area contributed by atoms with E-state index in [1.54, 1.807) is 53.4 Å². The summed E-state index contributed by atoms with van der Waals surface area (Å²) >= 11 is 5.80. The van der Waals surface area contributed by atoms with Crippen LogP contribution in [0.3, 0.4) is 0 Å². The lowest BCUT2D eigenvalue weighted by Gasteiger charge is -2.26. The van der Waals surface area contributed by atoms with Crippen molar-refractivity contribution in [2.45, 2.75) is 12.8 Å². The van der Waals surface area contributed by atoms with E-state index >= 15 is 0 Å². The number of anilines is 2. The lowest BCUT2D eigenvalue weighted by Crippen LogP contribution is -2.41. The van der Waals surface area contributed by atoms with Gasteiger partial charge in [0.15, 0.2) is 5.78 Å². The Morgan fingerprint density at radius 2 is 1.74 bits per heavy atom. The predicted molar refractivity (Wildman–Crippen MR) is 103 cm³/mol. The fourth-order valence-corrected chi connectivity index (χ4v) is 2.87. The van der Waals surface area contributed by atoms with Gasteiger partial charge in [0.1, 0.15) is 6.61 Å². The summed E-state index contributed by atoms with van der Waals surface area (Å²) in [5, 5.41) is 3.32. The largest absolute Gasteiger partial charge is 0.370 e. The number of hydrogen-bond donors (Lipinski definition) is 1. The summed E-state index contributed by atoms with van der Waals surface area (Å²) in [6.07, 6.45) is 0.207. The van der Waals surface area contributed by atoms with Crippen LogP contribution in [0, 0.1) is 0 Å². The first-order valence-corrected chi connectivity index (χ1v) is 8.97. The monoisotopic (exact) mass is 386 g/mol. The van der Waals surface area contributed by atoms with Crippen LogP contribution in [0.1, 0.15) is 23.2 Å². The topological polar surface area (TPSA) is 75.7 Å². The minimum atomic E-state index is -0.243. The van der Waals surface area contributed by atoms with E-state index in [2.05, 4.69) is 5.32 Å². The van der Waals surface area contributed by atoms with Gasteiger partial charge in [0.2, 0.25) is 5.91 Å². The number of rotatable bonds is 6. The van der Waals surface area contributed by atoms with E-state index in [0.717, 1.165) is 5.69 Å². The van der Waals surface area contributed by atoms with Crippen molar-refractivity contribution in [3.05, 3.63) is 59.1 Å². The summed E-state index contributed by atoms with van der Waals surface area (Å²) < 4.78 is 5.11. The van der Waals surface area contributed by atoms with Gasteiger partial charge in [-0.05, 0) is 48.5 Å². The lowest BCUT2D eigenvalue weighted by molar-refractivity contribution is -0.125. The van der Waals surface area contributed by atoms with E-state index < -0.39 is 0 Å². The summed E-state index contributed by atoms with van der Waals surface area (Å²) in [5.41, 5.74) is 1.91. The normalized spacial score (nSPS) is 14.1. The number of carbonyl (C=O) groups is 3. The minimum Gasteiger partial charge on any atom is -0.370 e. The fraction of sp³-hybridized carbons (Fsp3) is 0.250. The van der Waals surface area contributed by atoms with Crippen LogP contribution in [0.5, 0.6) is 0 Å². The highest BCUT2D eigenvalue weighted by Gasteiger charge is 2.20. The smallest absolute Gasteiger partial charge is 0.253 e. The third-order valence-corrected chi connectivity index (χ3v) is 4.45. The molecule has 140 valence electrons. The summed E-state index contributed by atoms with van der Waals surface area (Å²) in [6.45, 7) is 1.10. The first-order chi connectivity index (χ1) is 13.0. The van der Waals surface area contributed by atoms with Crippen LogP contribution in [-0.4, -0.2) is 37.4 Å². The molecule has 27 heavy (non-hydrogen) atoms. The number of ketones is 1. The SMILES string of the molecule is O=C(CCC(=O)c1ccc(Cl)cc1)Nc1ccc(N2CCOCC2=O)cc1. The fourth-order valence-electron chi connectivity index (χ4n) is 2.75.